The SMILES string of the molecule is CNc1ccc(NCC(=O)N2CCN(c3ccc(Cl)cc3)CC2C)cc1NC=O. The van der Waals surface area contributed by atoms with Crippen molar-refractivity contribution in [3.8, 4) is 0 Å². The number of anilines is 4. The number of rotatable bonds is 7. The number of halogens is 1. The zero-order chi connectivity index (χ0) is 20.8. The third-order valence-electron chi connectivity index (χ3n) is 5.09. The van der Waals surface area contributed by atoms with Crippen molar-refractivity contribution < 1.29 is 9.59 Å². The molecule has 1 fully saturated rings. The summed E-state index contributed by atoms with van der Waals surface area (Å²) in [6.45, 7) is 4.49. The number of carbonyl (C=O) groups excluding carboxylic acids is 2. The second kappa shape index (κ2) is 9.52. The van der Waals surface area contributed by atoms with Crippen LogP contribution in [0.25, 0.3) is 0 Å². The molecule has 2 aromatic carbocycles. The van der Waals surface area contributed by atoms with Crippen LogP contribution in [0.2, 0.25) is 5.02 Å². The largest absolute Gasteiger partial charge is 0.386 e. The first kappa shape index (κ1) is 20.8. The molecule has 8 heteroatoms. The van der Waals surface area contributed by atoms with Crippen LogP contribution in [0.5, 0.6) is 0 Å². The summed E-state index contributed by atoms with van der Waals surface area (Å²) in [6, 6.07) is 13.4. The van der Waals surface area contributed by atoms with Crippen LogP contribution in [0.1, 0.15) is 6.92 Å². The number of nitrogens with one attached hydrogen (secondary N) is 3. The van der Waals surface area contributed by atoms with Gasteiger partial charge in [0.1, 0.15) is 0 Å². The van der Waals surface area contributed by atoms with Gasteiger partial charge in [-0.15, -0.1) is 0 Å². The highest BCUT2D eigenvalue weighted by atomic mass is 35.5. The predicted molar refractivity (Wildman–Crippen MR) is 119 cm³/mol. The highest BCUT2D eigenvalue weighted by Gasteiger charge is 2.27. The van der Waals surface area contributed by atoms with E-state index >= 15 is 0 Å². The zero-order valence-corrected chi connectivity index (χ0v) is 17.4. The minimum absolute atomic E-state index is 0.0517. The summed E-state index contributed by atoms with van der Waals surface area (Å²) in [6.07, 6.45) is 0.632. The van der Waals surface area contributed by atoms with Crippen molar-refractivity contribution in [3.05, 3.63) is 47.5 Å². The second-order valence-electron chi connectivity index (χ2n) is 6.98. The van der Waals surface area contributed by atoms with Crippen LogP contribution in [0.15, 0.2) is 42.5 Å². The summed E-state index contributed by atoms with van der Waals surface area (Å²) >= 11 is 5.97. The Hall–Kier alpha value is -2.93. The lowest BCUT2D eigenvalue weighted by atomic mass is 10.1. The summed E-state index contributed by atoms with van der Waals surface area (Å²) in [5, 5.41) is 9.55. The molecule has 1 heterocycles. The summed E-state index contributed by atoms with van der Waals surface area (Å²) < 4.78 is 0. The lowest BCUT2D eigenvalue weighted by Gasteiger charge is -2.41. The molecule has 0 bridgehead atoms. The Balaban J connectivity index is 1.57. The van der Waals surface area contributed by atoms with Gasteiger partial charge < -0.3 is 25.8 Å². The normalized spacial score (nSPS) is 16.3. The maximum atomic E-state index is 12.7. The van der Waals surface area contributed by atoms with E-state index in [0.717, 1.165) is 35.2 Å². The summed E-state index contributed by atoms with van der Waals surface area (Å²) in [4.78, 5) is 27.7. The van der Waals surface area contributed by atoms with Gasteiger partial charge in [0.05, 0.1) is 17.9 Å². The number of hydrogen-bond acceptors (Lipinski definition) is 5. The van der Waals surface area contributed by atoms with Crippen LogP contribution in [0, 0.1) is 0 Å². The fourth-order valence-electron chi connectivity index (χ4n) is 3.55. The molecule has 7 nitrogen and oxygen atoms in total. The molecule has 1 unspecified atom stereocenters. The molecule has 2 aromatic rings. The number of carbonyl (C=O) groups is 2. The Morgan fingerprint density at radius 2 is 1.93 bits per heavy atom. The summed E-state index contributed by atoms with van der Waals surface area (Å²) in [5.41, 5.74) is 3.35. The molecule has 0 spiro atoms. The number of nitrogens with zero attached hydrogens (tertiary/aromatic N) is 2. The number of amides is 2. The third kappa shape index (κ3) is 5.12. The first-order valence-corrected chi connectivity index (χ1v) is 9.95. The average molecular weight is 416 g/mol. The molecule has 1 atom stereocenters. The molecule has 0 radical (unpaired) electrons. The van der Waals surface area contributed by atoms with Gasteiger partial charge in [-0.25, -0.2) is 0 Å². The van der Waals surface area contributed by atoms with Gasteiger partial charge in [0.25, 0.3) is 0 Å². The van der Waals surface area contributed by atoms with E-state index in [1.165, 1.54) is 0 Å². The van der Waals surface area contributed by atoms with Crippen molar-refractivity contribution in [2.45, 2.75) is 13.0 Å². The van der Waals surface area contributed by atoms with Crippen LogP contribution in [0.4, 0.5) is 22.7 Å². The van der Waals surface area contributed by atoms with E-state index in [4.69, 9.17) is 11.6 Å². The molecule has 1 saturated heterocycles. The molecule has 3 N–H and O–H groups in total. The van der Waals surface area contributed by atoms with Crippen molar-refractivity contribution in [1.29, 1.82) is 0 Å². The zero-order valence-electron chi connectivity index (χ0n) is 16.6. The third-order valence-corrected chi connectivity index (χ3v) is 5.34. The Bertz CT molecular complexity index is 859. The minimum atomic E-state index is 0.0517. The molecular formula is C21H26ClN5O2. The van der Waals surface area contributed by atoms with Gasteiger partial charge in [-0.1, -0.05) is 11.6 Å². The average Bonchev–Trinajstić information content (AvgIpc) is 2.73. The van der Waals surface area contributed by atoms with E-state index in [2.05, 4.69) is 27.8 Å². The van der Waals surface area contributed by atoms with Crippen LogP contribution in [-0.2, 0) is 9.59 Å². The molecular weight excluding hydrogens is 390 g/mol. The van der Waals surface area contributed by atoms with Crippen LogP contribution in [-0.4, -0.2) is 56.5 Å². The van der Waals surface area contributed by atoms with Gasteiger partial charge in [0.2, 0.25) is 12.3 Å². The van der Waals surface area contributed by atoms with Crippen molar-refractivity contribution in [1.82, 2.24) is 4.90 Å². The molecule has 2 amide bonds. The minimum Gasteiger partial charge on any atom is -0.386 e. The Morgan fingerprint density at radius 3 is 2.59 bits per heavy atom. The maximum absolute atomic E-state index is 12.7. The first-order valence-electron chi connectivity index (χ1n) is 9.57. The van der Waals surface area contributed by atoms with Crippen molar-refractivity contribution in [2.75, 3.05) is 54.1 Å². The Kier molecular flexibility index (Phi) is 6.82. The topological polar surface area (TPSA) is 76.7 Å². The molecule has 0 aromatic heterocycles. The first-order chi connectivity index (χ1) is 14.0. The van der Waals surface area contributed by atoms with Crippen molar-refractivity contribution in [3.63, 3.8) is 0 Å². The van der Waals surface area contributed by atoms with Crippen molar-refractivity contribution in [2.24, 2.45) is 0 Å². The van der Waals surface area contributed by atoms with Gasteiger partial charge in [-0.05, 0) is 49.4 Å². The van der Waals surface area contributed by atoms with Gasteiger partial charge in [0, 0.05) is 49.1 Å². The van der Waals surface area contributed by atoms with E-state index in [0.29, 0.717) is 18.6 Å². The van der Waals surface area contributed by atoms with Crippen LogP contribution >= 0.6 is 11.6 Å². The predicted octanol–water partition coefficient (Wildman–Crippen LogP) is 3.10. The molecule has 0 aliphatic carbocycles. The highest BCUT2D eigenvalue weighted by molar-refractivity contribution is 6.30. The van der Waals surface area contributed by atoms with E-state index in [9.17, 15) is 9.59 Å². The molecule has 1 aliphatic heterocycles. The maximum Gasteiger partial charge on any atom is 0.242 e. The molecule has 1 aliphatic rings. The lowest BCUT2D eigenvalue weighted by molar-refractivity contribution is -0.131. The standard InChI is InChI=1S/C21H26ClN5O2/c1-15-13-26(18-6-3-16(22)4-7-18)9-10-27(15)21(29)12-24-17-5-8-19(23-2)20(11-17)25-14-28/h3-8,11,14-15,23-24H,9-10,12-13H2,1-2H3,(H,25,28). The lowest BCUT2D eigenvalue weighted by Crippen LogP contribution is -2.55. The van der Waals surface area contributed by atoms with E-state index in [1.807, 2.05) is 41.3 Å². The van der Waals surface area contributed by atoms with E-state index in [1.54, 1.807) is 13.1 Å². The number of hydrogen-bond donors (Lipinski definition) is 3. The monoisotopic (exact) mass is 415 g/mol. The van der Waals surface area contributed by atoms with Gasteiger partial charge >= 0.3 is 0 Å². The fourth-order valence-corrected chi connectivity index (χ4v) is 3.67. The summed E-state index contributed by atoms with van der Waals surface area (Å²) in [5.74, 6) is 0.0517. The summed E-state index contributed by atoms with van der Waals surface area (Å²) in [7, 11) is 1.78. The smallest absolute Gasteiger partial charge is 0.242 e. The Morgan fingerprint density at radius 1 is 1.17 bits per heavy atom. The molecule has 3 rings (SSSR count). The molecule has 29 heavy (non-hydrogen) atoms. The van der Waals surface area contributed by atoms with Crippen LogP contribution in [0.3, 0.4) is 0 Å². The highest BCUT2D eigenvalue weighted by Crippen LogP contribution is 2.25. The van der Waals surface area contributed by atoms with E-state index < -0.39 is 0 Å². The van der Waals surface area contributed by atoms with Gasteiger partial charge in [0.15, 0.2) is 0 Å². The Labute approximate surface area is 176 Å². The van der Waals surface area contributed by atoms with Crippen LogP contribution < -0.4 is 20.9 Å². The van der Waals surface area contributed by atoms with Gasteiger partial charge in [-0.3, -0.25) is 9.59 Å². The quantitative estimate of drug-likeness (QED) is 0.606. The molecule has 154 valence electrons. The van der Waals surface area contributed by atoms with Crippen molar-refractivity contribution >= 4 is 46.7 Å². The number of piperazine rings is 1. The molecule has 0 saturated carbocycles. The fraction of sp³-hybridized carbons (Fsp3) is 0.333. The van der Waals surface area contributed by atoms with Gasteiger partial charge in [-0.2, -0.15) is 0 Å². The number of benzene rings is 2. The van der Waals surface area contributed by atoms with E-state index in [-0.39, 0.29) is 18.5 Å². The second-order valence-corrected chi connectivity index (χ2v) is 7.42.